The van der Waals surface area contributed by atoms with Crippen molar-refractivity contribution in [3.8, 4) is 11.3 Å². The summed E-state index contributed by atoms with van der Waals surface area (Å²) in [4.78, 5) is 4.24. The highest BCUT2D eigenvalue weighted by Gasteiger charge is 2.08. The van der Waals surface area contributed by atoms with E-state index in [0.29, 0.717) is 16.0 Å². The summed E-state index contributed by atoms with van der Waals surface area (Å²) in [6.45, 7) is 1.87. The van der Waals surface area contributed by atoms with Crippen LogP contribution < -0.4 is 0 Å². The molecule has 0 fully saturated rings. The largest absolute Gasteiger partial charge is 0.431 e. The van der Waals surface area contributed by atoms with Gasteiger partial charge in [-0.2, -0.15) is 0 Å². The van der Waals surface area contributed by atoms with Crippen molar-refractivity contribution in [1.82, 2.24) is 10.1 Å². The highest BCUT2D eigenvalue weighted by atomic mass is 35.5. The second-order valence-corrected chi connectivity index (χ2v) is 5.58. The van der Waals surface area contributed by atoms with Crippen molar-refractivity contribution >= 4 is 23.4 Å². The Morgan fingerprint density at radius 3 is 2.75 bits per heavy atom. The lowest BCUT2D eigenvalue weighted by Crippen LogP contribution is -1.78. The molecule has 102 valence electrons. The molecule has 0 aliphatic rings. The van der Waals surface area contributed by atoms with Gasteiger partial charge in [-0.25, -0.2) is 4.98 Å². The van der Waals surface area contributed by atoms with Gasteiger partial charge in [-0.1, -0.05) is 28.5 Å². The first-order chi connectivity index (χ1) is 9.70. The van der Waals surface area contributed by atoms with Gasteiger partial charge in [0, 0.05) is 22.4 Å². The van der Waals surface area contributed by atoms with E-state index in [4.69, 9.17) is 20.5 Å². The molecule has 20 heavy (non-hydrogen) atoms. The quantitative estimate of drug-likeness (QED) is 0.660. The Labute approximate surface area is 125 Å². The fourth-order valence-corrected chi connectivity index (χ4v) is 2.50. The number of oxazole rings is 1. The smallest absolute Gasteiger partial charge is 0.256 e. The molecule has 2 aromatic heterocycles. The number of nitrogens with zero attached hydrogens (tertiary/aromatic N) is 2. The third-order valence-corrected chi connectivity index (χ3v) is 3.76. The van der Waals surface area contributed by atoms with Gasteiger partial charge in [0.1, 0.15) is 5.76 Å². The maximum absolute atomic E-state index is 5.86. The summed E-state index contributed by atoms with van der Waals surface area (Å²) in [5.41, 5.74) is 1.82. The molecule has 0 saturated carbocycles. The Hall–Kier alpha value is -1.72. The van der Waals surface area contributed by atoms with Crippen molar-refractivity contribution in [2.75, 3.05) is 0 Å². The number of hydrogen-bond donors (Lipinski definition) is 0. The summed E-state index contributed by atoms with van der Waals surface area (Å²) in [5, 5.41) is 5.23. The van der Waals surface area contributed by atoms with Crippen LogP contribution >= 0.6 is 23.4 Å². The number of benzene rings is 1. The van der Waals surface area contributed by atoms with Crippen LogP contribution in [0.3, 0.4) is 0 Å². The van der Waals surface area contributed by atoms with E-state index in [9.17, 15) is 0 Å². The first kappa shape index (κ1) is 13.3. The third kappa shape index (κ3) is 3.05. The zero-order chi connectivity index (χ0) is 13.9. The van der Waals surface area contributed by atoms with Crippen LogP contribution in [-0.4, -0.2) is 10.1 Å². The molecule has 0 spiro atoms. The molecule has 2 heterocycles. The maximum Gasteiger partial charge on any atom is 0.256 e. The second-order valence-electron chi connectivity index (χ2n) is 4.21. The summed E-state index contributed by atoms with van der Waals surface area (Å²) in [5.74, 6) is 2.19. The van der Waals surface area contributed by atoms with Gasteiger partial charge in [0.2, 0.25) is 0 Å². The Morgan fingerprint density at radius 1 is 1.25 bits per heavy atom. The van der Waals surface area contributed by atoms with Gasteiger partial charge in [-0.05, 0) is 31.2 Å². The number of rotatable bonds is 4. The van der Waals surface area contributed by atoms with Gasteiger partial charge in [0.25, 0.3) is 5.22 Å². The highest BCUT2D eigenvalue weighted by Crippen LogP contribution is 2.28. The average molecular weight is 307 g/mol. The van der Waals surface area contributed by atoms with Gasteiger partial charge in [0.15, 0.2) is 5.76 Å². The Balaban J connectivity index is 1.69. The predicted molar refractivity (Wildman–Crippen MR) is 77.8 cm³/mol. The van der Waals surface area contributed by atoms with Gasteiger partial charge >= 0.3 is 0 Å². The average Bonchev–Trinajstić information content (AvgIpc) is 3.06. The maximum atomic E-state index is 5.86. The van der Waals surface area contributed by atoms with Crippen LogP contribution in [0.2, 0.25) is 5.02 Å². The molecule has 0 aliphatic heterocycles. The van der Waals surface area contributed by atoms with E-state index in [-0.39, 0.29) is 0 Å². The van der Waals surface area contributed by atoms with Gasteiger partial charge in [-0.15, -0.1) is 0 Å². The van der Waals surface area contributed by atoms with E-state index >= 15 is 0 Å². The first-order valence-corrected chi connectivity index (χ1v) is 7.34. The molecule has 0 saturated heterocycles. The predicted octanol–water partition coefficient (Wildman–Crippen LogP) is 4.58. The van der Waals surface area contributed by atoms with E-state index in [0.717, 1.165) is 22.8 Å². The SMILES string of the molecule is Cc1cc(CSc2ncc(-c3ccc(Cl)cc3)o2)no1. The first-order valence-electron chi connectivity index (χ1n) is 5.97. The Morgan fingerprint density at radius 2 is 2.05 bits per heavy atom. The molecule has 3 rings (SSSR count). The molecule has 4 nitrogen and oxygen atoms in total. The summed E-state index contributed by atoms with van der Waals surface area (Å²) < 4.78 is 10.7. The topological polar surface area (TPSA) is 52.1 Å². The summed E-state index contributed by atoms with van der Waals surface area (Å²) in [6.07, 6.45) is 1.71. The number of hydrogen-bond acceptors (Lipinski definition) is 5. The molecule has 3 aromatic rings. The Bertz CT molecular complexity index is 706. The number of thioether (sulfide) groups is 1. The van der Waals surface area contributed by atoms with Crippen molar-refractivity contribution in [3.05, 3.63) is 53.0 Å². The molecular weight excluding hydrogens is 296 g/mol. The molecule has 0 atom stereocenters. The van der Waals surface area contributed by atoms with Crippen LogP contribution in [0, 0.1) is 6.92 Å². The minimum absolute atomic E-state index is 0.607. The van der Waals surface area contributed by atoms with E-state index in [1.165, 1.54) is 11.8 Å². The zero-order valence-corrected chi connectivity index (χ0v) is 12.2. The summed E-state index contributed by atoms with van der Waals surface area (Å²) >= 11 is 7.34. The van der Waals surface area contributed by atoms with Crippen molar-refractivity contribution in [3.63, 3.8) is 0 Å². The molecule has 1 aromatic carbocycles. The minimum atomic E-state index is 0.607. The fraction of sp³-hybridized carbons (Fsp3) is 0.143. The van der Waals surface area contributed by atoms with Crippen LogP contribution in [0.15, 0.2) is 50.7 Å². The zero-order valence-electron chi connectivity index (χ0n) is 10.7. The monoisotopic (exact) mass is 306 g/mol. The third-order valence-electron chi connectivity index (χ3n) is 2.63. The number of halogens is 1. The van der Waals surface area contributed by atoms with Gasteiger partial charge in [0.05, 0.1) is 11.9 Å². The van der Waals surface area contributed by atoms with E-state index in [1.54, 1.807) is 6.20 Å². The molecule has 0 N–H and O–H groups in total. The molecular formula is C14H11ClN2O2S. The lowest BCUT2D eigenvalue weighted by molar-refractivity contribution is 0.392. The molecule has 0 aliphatic carbocycles. The van der Waals surface area contributed by atoms with Crippen LogP contribution in [0.4, 0.5) is 0 Å². The van der Waals surface area contributed by atoms with Crippen molar-refractivity contribution < 1.29 is 8.94 Å². The van der Waals surface area contributed by atoms with E-state index in [2.05, 4.69) is 10.1 Å². The number of aromatic nitrogens is 2. The normalized spacial score (nSPS) is 10.9. The van der Waals surface area contributed by atoms with Crippen LogP contribution in [-0.2, 0) is 5.75 Å². The summed E-state index contributed by atoms with van der Waals surface area (Å²) in [6, 6.07) is 9.35. The van der Waals surface area contributed by atoms with Crippen LogP contribution in [0.1, 0.15) is 11.5 Å². The highest BCUT2D eigenvalue weighted by molar-refractivity contribution is 7.98. The lowest BCUT2D eigenvalue weighted by Gasteiger charge is -1.96. The molecule has 6 heteroatoms. The van der Waals surface area contributed by atoms with Crippen molar-refractivity contribution in [1.29, 1.82) is 0 Å². The van der Waals surface area contributed by atoms with Crippen LogP contribution in [0.5, 0.6) is 0 Å². The van der Waals surface area contributed by atoms with Crippen molar-refractivity contribution in [2.45, 2.75) is 17.9 Å². The van der Waals surface area contributed by atoms with Gasteiger partial charge in [-0.3, -0.25) is 0 Å². The Kier molecular flexibility index (Phi) is 3.80. The number of aryl methyl sites for hydroxylation is 1. The molecule has 0 radical (unpaired) electrons. The van der Waals surface area contributed by atoms with E-state index in [1.807, 2.05) is 37.3 Å². The van der Waals surface area contributed by atoms with Gasteiger partial charge < -0.3 is 8.94 Å². The molecule has 0 amide bonds. The van der Waals surface area contributed by atoms with Crippen molar-refractivity contribution in [2.24, 2.45) is 0 Å². The second kappa shape index (κ2) is 5.73. The standard InChI is InChI=1S/C14H11ClN2O2S/c1-9-6-12(17-19-9)8-20-14-16-7-13(18-14)10-2-4-11(15)5-3-10/h2-7H,8H2,1H3. The molecule has 0 unspecified atom stereocenters. The lowest BCUT2D eigenvalue weighted by atomic mass is 10.2. The fourth-order valence-electron chi connectivity index (χ4n) is 1.69. The minimum Gasteiger partial charge on any atom is -0.431 e. The van der Waals surface area contributed by atoms with E-state index < -0.39 is 0 Å². The molecule has 0 bridgehead atoms. The summed E-state index contributed by atoms with van der Waals surface area (Å²) in [7, 11) is 0. The van der Waals surface area contributed by atoms with Crippen LogP contribution in [0.25, 0.3) is 11.3 Å².